The molecule has 0 bridgehead atoms. The van der Waals surface area contributed by atoms with Gasteiger partial charge in [-0.15, -0.1) is 0 Å². The molecule has 4 rings (SSSR count). The highest BCUT2D eigenvalue weighted by molar-refractivity contribution is 9.10. The Morgan fingerprint density at radius 2 is 1.25 bits per heavy atom. The molecule has 1 heterocycles. The molecule has 1 aliphatic heterocycles. The maximum Gasteiger partial charge on any atom is 0.252 e. The molecule has 0 saturated heterocycles. The molecule has 0 unspecified atom stereocenters. The zero-order chi connectivity index (χ0) is 20.1. The summed E-state index contributed by atoms with van der Waals surface area (Å²) in [7, 11) is -3.47. The standard InChI is InChI=1S/C20H10BrCl2O4P/c21-13-3-5-14(6-4-13)28(26)17-9-11(19(22)24)1-7-15(17)27-16-8-2-12(20(23)25)10-18(16)28/h1-10H. The lowest BCUT2D eigenvalue weighted by molar-refractivity contribution is 0.107. The van der Waals surface area contributed by atoms with Crippen LogP contribution in [0.2, 0.25) is 0 Å². The van der Waals surface area contributed by atoms with Crippen LogP contribution in [0.1, 0.15) is 20.7 Å². The van der Waals surface area contributed by atoms with Gasteiger partial charge in [0.2, 0.25) is 0 Å². The third kappa shape index (κ3) is 3.13. The first-order valence-electron chi connectivity index (χ1n) is 8.03. The quantitative estimate of drug-likeness (QED) is 0.298. The van der Waals surface area contributed by atoms with Gasteiger partial charge in [-0.25, -0.2) is 0 Å². The smallest absolute Gasteiger partial charge is 0.252 e. The summed E-state index contributed by atoms with van der Waals surface area (Å²) in [6, 6.07) is 16.1. The van der Waals surface area contributed by atoms with E-state index in [4.69, 9.17) is 27.9 Å². The van der Waals surface area contributed by atoms with Crippen molar-refractivity contribution in [3.63, 3.8) is 0 Å². The Balaban J connectivity index is 2.07. The summed E-state index contributed by atoms with van der Waals surface area (Å²) in [5.74, 6) is 0.732. The number of ether oxygens (including phenoxy) is 1. The van der Waals surface area contributed by atoms with Crippen molar-refractivity contribution in [3.8, 4) is 11.5 Å². The topological polar surface area (TPSA) is 60.4 Å². The third-order valence-corrected chi connectivity index (χ3v) is 8.51. The van der Waals surface area contributed by atoms with Crippen molar-refractivity contribution in [2.24, 2.45) is 0 Å². The molecule has 28 heavy (non-hydrogen) atoms. The van der Waals surface area contributed by atoms with Crippen LogP contribution in [0.15, 0.2) is 65.1 Å². The molecular weight excluding hydrogens is 486 g/mol. The van der Waals surface area contributed by atoms with Crippen molar-refractivity contribution < 1.29 is 18.9 Å². The fourth-order valence-electron chi connectivity index (χ4n) is 3.12. The van der Waals surface area contributed by atoms with Crippen LogP contribution in [0.3, 0.4) is 0 Å². The van der Waals surface area contributed by atoms with Crippen molar-refractivity contribution in [2.45, 2.75) is 0 Å². The van der Waals surface area contributed by atoms with Gasteiger partial charge in [-0.3, -0.25) is 9.59 Å². The number of hydrogen-bond acceptors (Lipinski definition) is 4. The Morgan fingerprint density at radius 1 is 0.786 bits per heavy atom. The van der Waals surface area contributed by atoms with Crippen molar-refractivity contribution in [1.29, 1.82) is 0 Å². The minimum Gasteiger partial charge on any atom is -0.456 e. The van der Waals surface area contributed by atoms with Crippen LogP contribution in [-0.2, 0) is 4.57 Å². The molecule has 8 heteroatoms. The van der Waals surface area contributed by atoms with E-state index in [1.165, 1.54) is 24.3 Å². The molecule has 0 aromatic heterocycles. The summed E-state index contributed by atoms with van der Waals surface area (Å²) in [6.07, 6.45) is 0. The van der Waals surface area contributed by atoms with E-state index in [0.717, 1.165) is 4.47 Å². The third-order valence-electron chi connectivity index (χ3n) is 4.46. The lowest BCUT2D eigenvalue weighted by Gasteiger charge is -2.29. The highest BCUT2D eigenvalue weighted by Gasteiger charge is 2.40. The van der Waals surface area contributed by atoms with Crippen LogP contribution in [0.25, 0.3) is 0 Å². The lowest BCUT2D eigenvalue weighted by Crippen LogP contribution is -2.31. The summed E-state index contributed by atoms with van der Waals surface area (Å²) in [5.41, 5.74) is 0.406. The Hall–Kier alpha value is -1.91. The monoisotopic (exact) mass is 494 g/mol. The van der Waals surface area contributed by atoms with Crippen LogP contribution in [0.5, 0.6) is 11.5 Å². The second kappa shape index (κ2) is 7.16. The molecule has 4 nitrogen and oxygen atoms in total. The molecule has 0 atom stereocenters. The van der Waals surface area contributed by atoms with Crippen molar-refractivity contribution in [1.82, 2.24) is 0 Å². The van der Waals surface area contributed by atoms with E-state index in [2.05, 4.69) is 15.9 Å². The van der Waals surface area contributed by atoms with E-state index in [-0.39, 0.29) is 11.1 Å². The first kappa shape index (κ1) is 19.4. The second-order valence-corrected chi connectivity index (χ2v) is 10.4. The SMILES string of the molecule is O=C(Cl)c1ccc2c(c1)P(=O)(c1ccc(Br)cc1)c1cc(C(=O)Cl)ccc1O2. The number of halogens is 3. The summed E-state index contributed by atoms with van der Waals surface area (Å²) >= 11 is 14.6. The van der Waals surface area contributed by atoms with Gasteiger partial charge in [-0.1, -0.05) is 15.9 Å². The number of rotatable bonds is 3. The van der Waals surface area contributed by atoms with Gasteiger partial charge in [0.1, 0.15) is 11.5 Å². The lowest BCUT2D eigenvalue weighted by atomic mass is 10.2. The molecule has 3 aromatic rings. The van der Waals surface area contributed by atoms with E-state index in [1.807, 2.05) is 0 Å². The molecular formula is C20H10BrCl2O4P. The Bertz CT molecular complexity index is 1120. The minimum absolute atomic E-state index is 0.203. The van der Waals surface area contributed by atoms with Gasteiger partial charge in [0.05, 0.1) is 10.6 Å². The van der Waals surface area contributed by atoms with Crippen molar-refractivity contribution in [3.05, 3.63) is 76.3 Å². The van der Waals surface area contributed by atoms with Crippen LogP contribution in [0, 0.1) is 0 Å². The molecule has 0 radical (unpaired) electrons. The van der Waals surface area contributed by atoms with Gasteiger partial charge < -0.3 is 9.30 Å². The predicted octanol–water partition coefficient (Wildman–Crippen LogP) is 4.95. The number of benzene rings is 3. The summed E-state index contributed by atoms with van der Waals surface area (Å²) < 4.78 is 21.3. The number of hydrogen-bond donors (Lipinski definition) is 0. The summed E-state index contributed by atoms with van der Waals surface area (Å²) in [6.45, 7) is 0. The average Bonchev–Trinajstić information content (AvgIpc) is 2.68. The number of carbonyl (C=O) groups excluding carboxylic acids is 2. The van der Waals surface area contributed by atoms with Gasteiger partial charge in [-0.05, 0) is 83.9 Å². The maximum absolute atomic E-state index is 14.5. The maximum atomic E-state index is 14.5. The largest absolute Gasteiger partial charge is 0.456 e. The van der Waals surface area contributed by atoms with Crippen molar-refractivity contribution in [2.75, 3.05) is 0 Å². The Labute approximate surface area is 178 Å². The fourth-order valence-corrected chi connectivity index (χ4v) is 6.51. The zero-order valence-corrected chi connectivity index (χ0v) is 18.0. The molecule has 1 aliphatic rings. The molecule has 0 aliphatic carbocycles. The van der Waals surface area contributed by atoms with Gasteiger partial charge in [0.25, 0.3) is 10.5 Å². The molecule has 0 amide bonds. The first-order chi connectivity index (χ1) is 13.3. The van der Waals surface area contributed by atoms with E-state index >= 15 is 0 Å². The molecule has 140 valence electrons. The number of fused-ring (bicyclic) bond motifs is 2. The van der Waals surface area contributed by atoms with E-state index in [0.29, 0.717) is 27.4 Å². The highest BCUT2D eigenvalue weighted by Crippen LogP contribution is 2.52. The van der Waals surface area contributed by atoms with Gasteiger partial charge in [0, 0.05) is 20.9 Å². The van der Waals surface area contributed by atoms with Gasteiger partial charge in [0.15, 0.2) is 7.14 Å². The second-order valence-electron chi connectivity index (χ2n) is 6.10. The average molecular weight is 496 g/mol. The summed E-state index contributed by atoms with van der Waals surface area (Å²) in [5, 5.41) is -0.123. The van der Waals surface area contributed by atoms with Gasteiger partial charge in [-0.2, -0.15) is 0 Å². The minimum atomic E-state index is -3.47. The molecule has 0 spiro atoms. The van der Waals surface area contributed by atoms with Gasteiger partial charge >= 0.3 is 0 Å². The molecule has 0 N–H and O–H groups in total. The molecule has 3 aromatic carbocycles. The van der Waals surface area contributed by atoms with Crippen LogP contribution < -0.4 is 20.7 Å². The van der Waals surface area contributed by atoms with E-state index in [1.54, 1.807) is 36.4 Å². The Morgan fingerprint density at radius 3 is 1.68 bits per heavy atom. The highest BCUT2D eigenvalue weighted by atomic mass is 79.9. The number of carbonyl (C=O) groups is 2. The zero-order valence-electron chi connectivity index (χ0n) is 14.0. The van der Waals surface area contributed by atoms with Crippen LogP contribution >= 0.6 is 46.3 Å². The molecule has 0 saturated carbocycles. The van der Waals surface area contributed by atoms with E-state index < -0.39 is 17.6 Å². The summed E-state index contributed by atoms with van der Waals surface area (Å²) in [4.78, 5) is 23.4. The first-order valence-corrected chi connectivity index (χ1v) is 11.3. The normalized spacial score (nSPS) is 13.8. The van der Waals surface area contributed by atoms with Crippen LogP contribution in [0.4, 0.5) is 0 Å². The Kier molecular flexibility index (Phi) is 4.96. The molecule has 0 fully saturated rings. The van der Waals surface area contributed by atoms with Crippen molar-refractivity contribution >= 4 is 72.7 Å². The predicted molar refractivity (Wildman–Crippen MR) is 114 cm³/mol. The van der Waals surface area contributed by atoms with E-state index in [9.17, 15) is 14.2 Å². The fraction of sp³-hybridized carbons (Fsp3) is 0. The van der Waals surface area contributed by atoms with Crippen LogP contribution in [-0.4, -0.2) is 10.5 Å².